The zero-order valence-corrected chi connectivity index (χ0v) is 21.6. The van der Waals surface area contributed by atoms with Crippen LogP contribution < -0.4 is 10.1 Å². The second-order valence-corrected chi connectivity index (χ2v) is 9.46. The van der Waals surface area contributed by atoms with Gasteiger partial charge in [-0.1, -0.05) is 41.9 Å². The second-order valence-electron chi connectivity index (χ2n) is 8.08. The van der Waals surface area contributed by atoms with Gasteiger partial charge in [-0.05, 0) is 41.3 Å². The van der Waals surface area contributed by atoms with E-state index in [1.165, 1.54) is 17.0 Å². The Morgan fingerprint density at radius 2 is 1.92 bits per heavy atom. The molecule has 3 aromatic rings. The molecule has 1 N–H and O–H groups in total. The maximum Gasteiger partial charge on any atom is 0.322 e. The zero-order valence-electron chi connectivity index (χ0n) is 20.0. The molecule has 1 aliphatic heterocycles. The molecular formula is C26H27ClN4O4S. The summed E-state index contributed by atoms with van der Waals surface area (Å²) in [4.78, 5) is 29.2. The number of carbonyl (C=O) groups excluding carboxylic acids is 2. The molecule has 0 radical (unpaired) electrons. The lowest BCUT2D eigenvalue weighted by atomic mass is 10.0. The average molecular weight is 527 g/mol. The normalized spacial score (nSPS) is 14.9. The van der Waals surface area contributed by atoms with Gasteiger partial charge in [0.1, 0.15) is 12.3 Å². The molecule has 0 saturated heterocycles. The van der Waals surface area contributed by atoms with Crippen LogP contribution >= 0.6 is 22.9 Å². The van der Waals surface area contributed by atoms with Crippen molar-refractivity contribution in [2.24, 2.45) is 5.10 Å². The van der Waals surface area contributed by atoms with E-state index >= 15 is 0 Å². The number of benzene rings is 2. The zero-order chi connectivity index (χ0) is 25.5. The quantitative estimate of drug-likeness (QED) is 0.412. The van der Waals surface area contributed by atoms with Crippen molar-refractivity contribution in [3.8, 4) is 5.75 Å². The predicted molar refractivity (Wildman–Crippen MR) is 142 cm³/mol. The number of halogens is 1. The van der Waals surface area contributed by atoms with Gasteiger partial charge in [0.2, 0.25) is 0 Å². The van der Waals surface area contributed by atoms with E-state index in [-0.39, 0.29) is 31.6 Å². The number of thiophene rings is 1. The molecule has 8 nitrogen and oxygen atoms in total. The van der Waals surface area contributed by atoms with Crippen molar-refractivity contribution in [1.82, 2.24) is 9.91 Å². The van der Waals surface area contributed by atoms with Crippen molar-refractivity contribution in [3.05, 3.63) is 81.5 Å². The van der Waals surface area contributed by atoms with Crippen LogP contribution in [-0.4, -0.2) is 61.5 Å². The minimum atomic E-state index is -0.436. The third-order valence-electron chi connectivity index (χ3n) is 5.75. The van der Waals surface area contributed by atoms with Crippen LogP contribution in [-0.2, 0) is 9.53 Å². The number of hydrogen-bond acceptors (Lipinski definition) is 6. The summed E-state index contributed by atoms with van der Waals surface area (Å²) < 4.78 is 10.5. The summed E-state index contributed by atoms with van der Waals surface area (Å²) in [5, 5.41) is 11.6. The molecule has 4 rings (SSSR count). The largest absolute Gasteiger partial charge is 0.495 e. The van der Waals surface area contributed by atoms with Crippen LogP contribution in [0.1, 0.15) is 22.9 Å². The van der Waals surface area contributed by atoms with E-state index in [1.54, 1.807) is 48.8 Å². The minimum absolute atomic E-state index is 0.171. The number of hydrogen-bond donors (Lipinski definition) is 1. The molecule has 10 heteroatoms. The van der Waals surface area contributed by atoms with Crippen molar-refractivity contribution in [2.75, 3.05) is 39.2 Å². The number of ether oxygens (including phenoxy) is 2. The van der Waals surface area contributed by atoms with E-state index in [0.29, 0.717) is 22.9 Å². The number of methoxy groups -OCH3 is 2. The highest BCUT2D eigenvalue weighted by Gasteiger charge is 2.34. The monoisotopic (exact) mass is 526 g/mol. The summed E-state index contributed by atoms with van der Waals surface area (Å²) in [6.45, 7) is 0.330. The van der Waals surface area contributed by atoms with Gasteiger partial charge in [0.05, 0.1) is 36.0 Å². The van der Waals surface area contributed by atoms with Gasteiger partial charge in [-0.25, -0.2) is 9.80 Å². The smallest absolute Gasteiger partial charge is 0.322 e. The third kappa shape index (κ3) is 6.04. The molecule has 3 amide bonds. The van der Waals surface area contributed by atoms with Crippen molar-refractivity contribution in [2.45, 2.75) is 12.5 Å². The van der Waals surface area contributed by atoms with Gasteiger partial charge in [-0.2, -0.15) is 5.10 Å². The van der Waals surface area contributed by atoms with Crippen LogP contribution in [0.2, 0.25) is 5.02 Å². The Morgan fingerprint density at radius 1 is 1.14 bits per heavy atom. The molecular weight excluding hydrogens is 500 g/mol. The lowest BCUT2D eigenvalue weighted by Crippen LogP contribution is -2.44. The number of nitrogens with one attached hydrogen (secondary N) is 1. The van der Waals surface area contributed by atoms with E-state index in [9.17, 15) is 9.59 Å². The fraction of sp³-hybridized carbons (Fsp3) is 0.269. The van der Waals surface area contributed by atoms with Crippen molar-refractivity contribution in [1.29, 1.82) is 0 Å². The number of rotatable bonds is 9. The fourth-order valence-electron chi connectivity index (χ4n) is 3.91. The van der Waals surface area contributed by atoms with E-state index in [1.807, 2.05) is 35.7 Å². The molecule has 0 fully saturated rings. The summed E-state index contributed by atoms with van der Waals surface area (Å²) in [5.74, 6) is 0.226. The predicted octanol–water partition coefficient (Wildman–Crippen LogP) is 5.27. The summed E-state index contributed by atoms with van der Waals surface area (Å²) in [6.07, 6.45) is 0.569. The average Bonchev–Trinajstić information content (AvgIpc) is 3.58. The molecule has 2 heterocycles. The van der Waals surface area contributed by atoms with Crippen molar-refractivity contribution in [3.63, 3.8) is 0 Å². The van der Waals surface area contributed by atoms with Crippen LogP contribution in [0.5, 0.6) is 5.75 Å². The minimum Gasteiger partial charge on any atom is -0.495 e. The number of amides is 3. The van der Waals surface area contributed by atoms with Crippen LogP contribution in [0.25, 0.3) is 0 Å². The number of anilines is 1. The van der Waals surface area contributed by atoms with Crippen LogP contribution in [0, 0.1) is 0 Å². The van der Waals surface area contributed by atoms with Crippen LogP contribution in [0.3, 0.4) is 0 Å². The first-order valence-electron chi connectivity index (χ1n) is 11.4. The van der Waals surface area contributed by atoms with E-state index in [2.05, 4.69) is 10.4 Å². The SMILES string of the molecule is COCCN(CC(=O)N1N=C(c2cccs2)C[C@H]1c1ccc(Cl)cc1)C(=O)Nc1ccccc1OC. The Hall–Kier alpha value is -3.40. The molecule has 0 unspecified atom stereocenters. The van der Waals surface area contributed by atoms with Crippen LogP contribution in [0.4, 0.5) is 10.5 Å². The standard InChI is InChI=1S/C26H27ClN4O4S/c1-34-14-13-30(26(33)28-20-6-3-4-7-23(20)35-2)17-25(32)31-22(18-9-11-19(27)12-10-18)16-21(29-31)24-8-5-15-36-24/h3-12,15,22H,13-14,16-17H2,1-2H3,(H,28,33)/t22-/m0/s1. The fourth-order valence-corrected chi connectivity index (χ4v) is 4.76. The summed E-state index contributed by atoms with van der Waals surface area (Å²) in [5.41, 5.74) is 2.27. The van der Waals surface area contributed by atoms with Gasteiger partial charge in [-0.15, -0.1) is 11.3 Å². The van der Waals surface area contributed by atoms with Gasteiger partial charge < -0.3 is 19.7 Å². The molecule has 2 aromatic carbocycles. The molecule has 1 aliphatic rings. The summed E-state index contributed by atoms with van der Waals surface area (Å²) in [6, 6.07) is 17.7. The molecule has 0 saturated carbocycles. The van der Waals surface area contributed by atoms with Crippen molar-refractivity contribution < 1.29 is 19.1 Å². The Kier molecular flexibility index (Phi) is 8.58. The van der Waals surface area contributed by atoms with Gasteiger partial charge in [0.15, 0.2) is 0 Å². The van der Waals surface area contributed by atoms with Crippen LogP contribution in [0.15, 0.2) is 71.1 Å². The Labute approximate surface area is 219 Å². The Bertz CT molecular complexity index is 1220. The second kappa shape index (κ2) is 12.0. The topological polar surface area (TPSA) is 83.5 Å². The number of carbonyl (C=O) groups is 2. The first-order valence-corrected chi connectivity index (χ1v) is 12.6. The Morgan fingerprint density at radius 3 is 2.61 bits per heavy atom. The molecule has 1 atom stereocenters. The number of hydrazone groups is 1. The first kappa shape index (κ1) is 25.7. The van der Waals surface area contributed by atoms with Gasteiger partial charge in [-0.3, -0.25) is 4.79 Å². The van der Waals surface area contributed by atoms with E-state index < -0.39 is 6.03 Å². The summed E-state index contributed by atoms with van der Waals surface area (Å²) >= 11 is 7.66. The molecule has 0 bridgehead atoms. The number of para-hydroxylation sites is 2. The van der Waals surface area contributed by atoms with Crippen molar-refractivity contribution >= 4 is 46.3 Å². The molecule has 0 spiro atoms. The number of nitrogens with zero attached hydrogens (tertiary/aromatic N) is 3. The van der Waals surface area contributed by atoms with E-state index in [4.69, 9.17) is 21.1 Å². The molecule has 1 aromatic heterocycles. The maximum absolute atomic E-state index is 13.6. The number of urea groups is 1. The summed E-state index contributed by atoms with van der Waals surface area (Å²) in [7, 11) is 3.08. The maximum atomic E-state index is 13.6. The molecule has 0 aliphatic carbocycles. The molecule has 188 valence electrons. The first-order chi connectivity index (χ1) is 17.5. The highest BCUT2D eigenvalue weighted by atomic mass is 35.5. The van der Waals surface area contributed by atoms with Gasteiger partial charge in [0.25, 0.3) is 5.91 Å². The highest BCUT2D eigenvalue weighted by Crippen LogP contribution is 2.34. The van der Waals surface area contributed by atoms with Gasteiger partial charge >= 0.3 is 6.03 Å². The lowest BCUT2D eigenvalue weighted by molar-refractivity contribution is -0.133. The lowest BCUT2D eigenvalue weighted by Gasteiger charge is -2.27. The highest BCUT2D eigenvalue weighted by molar-refractivity contribution is 7.12. The van der Waals surface area contributed by atoms with E-state index in [0.717, 1.165) is 16.2 Å². The van der Waals surface area contributed by atoms with Gasteiger partial charge in [0, 0.05) is 25.1 Å². The molecule has 36 heavy (non-hydrogen) atoms. The third-order valence-corrected chi connectivity index (χ3v) is 6.92. The Balaban J connectivity index is 1.56.